The first-order valence-electron chi connectivity index (χ1n) is 2.78. The summed E-state index contributed by atoms with van der Waals surface area (Å²) >= 11 is 0. The smallest absolute Gasteiger partial charge is 0.250 e. The summed E-state index contributed by atoms with van der Waals surface area (Å²) in [7, 11) is 0. The predicted octanol–water partition coefficient (Wildman–Crippen LogP) is 2.71. The van der Waals surface area contributed by atoms with Gasteiger partial charge in [0, 0.05) is 0 Å². The van der Waals surface area contributed by atoms with Crippen molar-refractivity contribution in [1.82, 2.24) is 0 Å². The molecule has 1 atom stereocenters. The predicted molar refractivity (Wildman–Crippen MR) is 30.3 cm³/mol. The Labute approximate surface area is 56.5 Å². The average molecular weight is 156 g/mol. The van der Waals surface area contributed by atoms with Gasteiger partial charge < -0.3 is 0 Å². The van der Waals surface area contributed by atoms with Crippen molar-refractivity contribution in [3.05, 3.63) is 12.2 Å². The molecule has 0 aromatic heterocycles. The van der Waals surface area contributed by atoms with Gasteiger partial charge in [-0.05, 0) is 6.92 Å². The first kappa shape index (κ1) is 9.46. The van der Waals surface area contributed by atoms with E-state index in [1.54, 1.807) is 0 Å². The fraction of sp³-hybridized carbons (Fsp3) is 0.667. The van der Waals surface area contributed by atoms with Crippen molar-refractivity contribution >= 4 is 0 Å². The van der Waals surface area contributed by atoms with Crippen LogP contribution >= 0.6 is 0 Å². The van der Waals surface area contributed by atoms with Crippen molar-refractivity contribution in [3.8, 4) is 0 Å². The van der Waals surface area contributed by atoms with Crippen LogP contribution in [-0.2, 0) is 0 Å². The van der Waals surface area contributed by atoms with Crippen LogP contribution in [-0.4, -0.2) is 12.9 Å². The van der Waals surface area contributed by atoms with Gasteiger partial charge in [0.25, 0.3) is 0 Å². The maximum Gasteiger partial charge on any atom is 0.397 e. The Hall–Kier alpha value is -0.540. The summed E-state index contributed by atoms with van der Waals surface area (Å²) in [5, 5.41) is 0. The van der Waals surface area contributed by atoms with Crippen molar-refractivity contribution in [2.45, 2.75) is 13.1 Å². The van der Waals surface area contributed by atoms with Gasteiger partial charge in [0.15, 0.2) is 0 Å². The van der Waals surface area contributed by atoms with Gasteiger partial charge in [0.2, 0.25) is 0 Å². The van der Waals surface area contributed by atoms with Gasteiger partial charge in [0.1, 0.15) is 12.6 Å². The largest absolute Gasteiger partial charge is 0.397 e. The van der Waals surface area contributed by atoms with Crippen LogP contribution in [0.4, 0.5) is 17.6 Å². The fourth-order valence-corrected chi connectivity index (χ4v) is 0.480. The van der Waals surface area contributed by atoms with Crippen LogP contribution in [0, 0.1) is 5.92 Å². The average Bonchev–Trinajstić information content (AvgIpc) is 1.80. The van der Waals surface area contributed by atoms with E-state index >= 15 is 0 Å². The molecule has 0 N–H and O–H groups in total. The molecule has 1 unspecified atom stereocenters. The normalized spacial score (nSPS) is 16.1. The molecular weight excluding hydrogens is 148 g/mol. The van der Waals surface area contributed by atoms with Gasteiger partial charge in [-0.3, -0.25) is 4.39 Å². The molecule has 0 amide bonds. The standard InChI is InChI=1S/C6H8F4/c1-2-3-5(4-7)6(8,9)10/h2-3,5H,4H2,1H3. The Bertz CT molecular complexity index is 113. The van der Waals surface area contributed by atoms with Gasteiger partial charge in [-0.2, -0.15) is 13.2 Å². The number of hydrogen-bond donors (Lipinski definition) is 0. The van der Waals surface area contributed by atoms with E-state index in [1.807, 2.05) is 0 Å². The SMILES string of the molecule is CC=CC(CF)C(F)(F)F. The topological polar surface area (TPSA) is 0 Å². The number of rotatable bonds is 2. The van der Waals surface area contributed by atoms with Crippen LogP contribution in [0.2, 0.25) is 0 Å². The molecule has 0 rings (SSSR count). The quantitative estimate of drug-likeness (QED) is 0.426. The Kier molecular flexibility index (Phi) is 3.39. The minimum atomic E-state index is -4.44. The summed E-state index contributed by atoms with van der Waals surface area (Å²) in [5.41, 5.74) is 0. The van der Waals surface area contributed by atoms with Crippen molar-refractivity contribution < 1.29 is 17.6 Å². The maximum absolute atomic E-state index is 11.6. The summed E-state index contributed by atoms with van der Waals surface area (Å²) in [5.74, 6) is -1.93. The zero-order valence-electron chi connectivity index (χ0n) is 5.45. The van der Waals surface area contributed by atoms with Crippen molar-refractivity contribution in [1.29, 1.82) is 0 Å². The Morgan fingerprint density at radius 1 is 1.40 bits per heavy atom. The number of alkyl halides is 4. The number of allylic oxidation sites excluding steroid dienone is 2. The molecule has 0 aromatic rings. The summed E-state index contributed by atoms with van der Waals surface area (Å²) in [6.07, 6.45) is -2.45. The molecule has 0 saturated heterocycles. The van der Waals surface area contributed by atoms with E-state index in [-0.39, 0.29) is 0 Å². The molecule has 0 fully saturated rings. The highest BCUT2D eigenvalue weighted by Crippen LogP contribution is 2.27. The lowest BCUT2D eigenvalue weighted by Crippen LogP contribution is -2.22. The molecule has 0 spiro atoms. The zero-order chi connectivity index (χ0) is 8.20. The second-order valence-electron chi connectivity index (χ2n) is 1.83. The Morgan fingerprint density at radius 2 is 1.90 bits per heavy atom. The highest BCUT2D eigenvalue weighted by Gasteiger charge is 2.37. The first-order valence-corrected chi connectivity index (χ1v) is 2.78. The maximum atomic E-state index is 11.6. The molecule has 4 heteroatoms. The Morgan fingerprint density at radius 3 is 2.00 bits per heavy atom. The van der Waals surface area contributed by atoms with Crippen molar-refractivity contribution in [3.63, 3.8) is 0 Å². The molecule has 0 aromatic carbocycles. The van der Waals surface area contributed by atoms with Gasteiger partial charge in [-0.1, -0.05) is 12.2 Å². The molecule has 0 nitrogen and oxygen atoms in total. The molecule has 0 aliphatic rings. The van der Waals surface area contributed by atoms with Gasteiger partial charge in [-0.25, -0.2) is 0 Å². The number of hydrogen-bond acceptors (Lipinski definition) is 0. The van der Waals surface area contributed by atoms with Gasteiger partial charge >= 0.3 is 6.18 Å². The number of halogens is 4. The van der Waals surface area contributed by atoms with E-state index in [9.17, 15) is 17.6 Å². The summed E-state index contributed by atoms with van der Waals surface area (Å²) < 4.78 is 46.4. The monoisotopic (exact) mass is 156 g/mol. The van der Waals surface area contributed by atoms with E-state index in [0.29, 0.717) is 0 Å². The molecule has 0 aliphatic heterocycles. The van der Waals surface area contributed by atoms with Crippen LogP contribution < -0.4 is 0 Å². The molecule has 0 radical (unpaired) electrons. The van der Waals surface area contributed by atoms with Gasteiger partial charge in [-0.15, -0.1) is 0 Å². The molecule has 60 valence electrons. The minimum Gasteiger partial charge on any atom is -0.250 e. The molecule has 0 heterocycles. The summed E-state index contributed by atoms with van der Waals surface area (Å²) in [6, 6.07) is 0. The summed E-state index contributed by atoms with van der Waals surface area (Å²) in [6.45, 7) is 0.0439. The van der Waals surface area contributed by atoms with Crippen LogP contribution in [0.15, 0.2) is 12.2 Å². The van der Waals surface area contributed by atoms with E-state index in [4.69, 9.17) is 0 Å². The van der Waals surface area contributed by atoms with Crippen molar-refractivity contribution in [2.75, 3.05) is 6.67 Å². The van der Waals surface area contributed by atoms with Crippen LogP contribution in [0.1, 0.15) is 6.92 Å². The molecular formula is C6H8F4. The molecule has 0 aliphatic carbocycles. The van der Waals surface area contributed by atoms with Crippen molar-refractivity contribution in [2.24, 2.45) is 5.92 Å². The fourth-order valence-electron chi connectivity index (χ4n) is 0.480. The van der Waals surface area contributed by atoms with Crippen LogP contribution in [0.3, 0.4) is 0 Å². The van der Waals surface area contributed by atoms with E-state index in [0.717, 1.165) is 6.08 Å². The van der Waals surface area contributed by atoms with Crippen LogP contribution in [0.5, 0.6) is 0 Å². The molecule has 0 saturated carbocycles. The molecule has 10 heavy (non-hydrogen) atoms. The van der Waals surface area contributed by atoms with E-state index in [1.165, 1.54) is 13.0 Å². The highest BCUT2D eigenvalue weighted by atomic mass is 19.4. The first-order chi connectivity index (χ1) is 4.52. The molecule has 0 bridgehead atoms. The van der Waals surface area contributed by atoms with E-state index < -0.39 is 18.8 Å². The van der Waals surface area contributed by atoms with E-state index in [2.05, 4.69) is 0 Å². The second-order valence-corrected chi connectivity index (χ2v) is 1.83. The lowest BCUT2D eigenvalue weighted by Gasteiger charge is -2.11. The third kappa shape index (κ3) is 2.85. The lowest BCUT2D eigenvalue weighted by atomic mass is 10.1. The third-order valence-corrected chi connectivity index (χ3v) is 1.01. The Balaban J connectivity index is 4.07. The third-order valence-electron chi connectivity index (χ3n) is 1.01. The zero-order valence-corrected chi connectivity index (χ0v) is 5.45. The lowest BCUT2D eigenvalue weighted by molar-refractivity contribution is -0.164. The second kappa shape index (κ2) is 3.58. The summed E-state index contributed by atoms with van der Waals surface area (Å²) in [4.78, 5) is 0. The van der Waals surface area contributed by atoms with Crippen LogP contribution in [0.25, 0.3) is 0 Å². The van der Waals surface area contributed by atoms with Gasteiger partial charge in [0.05, 0.1) is 0 Å². The highest BCUT2D eigenvalue weighted by molar-refractivity contribution is 4.89. The minimum absolute atomic E-state index is 0.806.